The van der Waals surface area contributed by atoms with Gasteiger partial charge in [0.25, 0.3) is 11.5 Å². The fourth-order valence-electron chi connectivity index (χ4n) is 2.38. The number of carboxylic acid groups (broad SMARTS) is 1. The maximum Gasteiger partial charge on any atom is 0.343 e. The van der Waals surface area contributed by atoms with Crippen LogP contribution in [0.5, 0.6) is 0 Å². The molecule has 21 heavy (non-hydrogen) atoms. The summed E-state index contributed by atoms with van der Waals surface area (Å²) in [5.41, 5.74) is -2.16. The van der Waals surface area contributed by atoms with E-state index in [0.717, 1.165) is 9.58 Å². The Hall–Kier alpha value is -2.25. The first kappa shape index (κ1) is 15.1. The number of rotatable bonds is 2. The van der Waals surface area contributed by atoms with Gasteiger partial charge in [0.2, 0.25) is 5.67 Å². The molecule has 1 aromatic heterocycles. The van der Waals surface area contributed by atoms with Crippen molar-refractivity contribution in [3.05, 3.63) is 27.2 Å². The zero-order chi connectivity index (χ0) is 15.9. The zero-order valence-corrected chi connectivity index (χ0v) is 12.0. The van der Waals surface area contributed by atoms with Gasteiger partial charge in [0, 0.05) is 20.0 Å². The third-order valence-corrected chi connectivity index (χ3v) is 3.83. The standard InChI is InChI=1S/C13H16FN3O4/c1-7-8(2)15-16(3)10(18)9(7)11(19)17-5-4-13(14,6-17)12(20)21/h4-6H2,1-3H3,(H,20,21). The average molecular weight is 297 g/mol. The highest BCUT2D eigenvalue weighted by atomic mass is 19.1. The number of nitrogens with zero attached hydrogens (tertiary/aromatic N) is 3. The van der Waals surface area contributed by atoms with Gasteiger partial charge in [-0.3, -0.25) is 9.59 Å². The third-order valence-electron chi connectivity index (χ3n) is 3.83. The molecule has 1 amide bonds. The topological polar surface area (TPSA) is 92.5 Å². The Morgan fingerprint density at radius 3 is 2.52 bits per heavy atom. The predicted octanol–water partition coefficient (Wildman–Crippen LogP) is 0.0359. The van der Waals surface area contributed by atoms with E-state index >= 15 is 0 Å². The summed E-state index contributed by atoms with van der Waals surface area (Å²) in [6.45, 7) is 2.66. The number of hydrogen-bond acceptors (Lipinski definition) is 4. The van der Waals surface area contributed by atoms with Gasteiger partial charge in [-0.1, -0.05) is 0 Å². The number of amides is 1. The predicted molar refractivity (Wildman–Crippen MR) is 70.9 cm³/mol. The van der Waals surface area contributed by atoms with Crippen LogP contribution in [0.25, 0.3) is 0 Å². The Balaban J connectivity index is 2.40. The Morgan fingerprint density at radius 1 is 1.38 bits per heavy atom. The summed E-state index contributed by atoms with van der Waals surface area (Å²) in [5, 5.41) is 12.8. The largest absolute Gasteiger partial charge is 0.479 e. The van der Waals surface area contributed by atoms with E-state index in [9.17, 15) is 18.8 Å². The molecule has 0 radical (unpaired) electrons. The molecular formula is C13H16FN3O4. The summed E-state index contributed by atoms with van der Waals surface area (Å²) in [6, 6.07) is 0. The summed E-state index contributed by atoms with van der Waals surface area (Å²) in [5.74, 6) is -2.24. The number of carbonyl (C=O) groups excluding carboxylic acids is 1. The number of carbonyl (C=O) groups is 2. The van der Waals surface area contributed by atoms with Crippen molar-refractivity contribution >= 4 is 11.9 Å². The molecule has 2 rings (SSSR count). The summed E-state index contributed by atoms with van der Waals surface area (Å²) in [7, 11) is 1.42. The maximum atomic E-state index is 14.0. The van der Waals surface area contributed by atoms with Gasteiger partial charge in [-0.15, -0.1) is 0 Å². The van der Waals surface area contributed by atoms with Crippen LogP contribution in [-0.4, -0.2) is 50.4 Å². The van der Waals surface area contributed by atoms with Gasteiger partial charge >= 0.3 is 5.97 Å². The number of aromatic nitrogens is 2. The molecule has 8 heteroatoms. The van der Waals surface area contributed by atoms with Crippen LogP contribution in [0.3, 0.4) is 0 Å². The van der Waals surface area contributed by atoms with E-state index in [2.05, 4.69) is 5.10 Å². The van der Waals surface area contributed by atoms with E-state index in [0.29, 0.717) is 11.3 Å². The number of aryl methyl sites for hydroxylation is 2. The molecule has 1 atom stereocenters. The molecule has 7 nitrogen and oxygen atoms in total. The second kappa shape index (κ2) is 4.94. The summed E-state index contributed by atoms with van der Waals surface area (Å²) >= 11 is 0. The van der Waals surface area contributed by atoms with Crippen LogP contribution >= 0.6 is 0 Å². The van der Waals surface area contributed by atoms with Crippen molar-refractivity contribution in [3.63, 3.8) is 0 Å². The van der Waals surface area contributed by atoms with E-state index in [1.54, 1.807) is 13.8 Å². The van der Waals surface area contributed by atoms with Gasteiger partial charge < -0.3 is 10.0 Å². The van der Waals surface area contributed by atoms with Gasteiger partial charge in [-0.05, 0) is 19.4 Å². The molecule has 1 saturated heterocycles. The van der Waals surface area contributed by atoms with E-state index in [-0.39, 0.29) is 18.5 Å². The number of hydrogen-bond donors (Lipinski definition) is 1. The van der Waals surface area contributed by atoms with Crippen LogP contribution in [0.15, 0.2) is 4.79 Å². The van der Waals surface area contributed by atoms with E-state index in [4.69, 9.17) is 5.11 Å². The minimum absolute atomic E-state index is 0.0361. The second-order valence-corrected chi connectivity index (χ2v) is 5.26. The smallest absolute Gasteiger partial charge is 0.343 e. The second-order valence-electron chi connectivity index (χ2n) is 5.26. The van der Waals surface area contributed by atoms with Crippen LogP contribution in [0, 0.1) is 13.8 Å². The number of halogens is 1. The highest BCUT2D eigenvalue weighted by molar-refractivity contribution is 5.96. The van der Waals surface area contributed by atoms with Gasteiger partial charge in [0.05, 0.1) is 12.2 Å². The molecule has 0 spiro atoms. The maximum absolute atomic E-state index is 14.0. The molecule has 1 N–H and O–H groups in total. The van der Waals surface area contributed by atoms with Crippen LogP contribution in [0.2, 0.25) is 0 Å². The lowest BCUT2D eigenvalue weighted by molar-refractivity contribution is -0.149. The molecule has 1 aromatic rings. The molecule has 1 aliphatic heterocycles. The highest BCUT2D eigenvalue weighted by Crippen LogP contribution is 2.27. The monoisotopic (exact) mass is 297 g/mol. The SMILES string of the molecule is Cc1nn(C)c(=O)c(C(=O)N2CCC(F)(C(=O)O)C2)c1C. The molecule has 2 heterocycles. The van der Waals surface area contributed by atoms with Gasteiger partial charge in [-0.25, -0.2) is 13.9 Å². The molecule has 0 aromatic carbocycles. The van der Waals surface area contributed by atoms with Crippen molar-refractivity contribution in [2.24, 2.45) is 7.05 Å². The minimum atomic E-state index is -2.45. The van der Waals surface area contributed by atoms with Crippen molar-refractivity contribution in [1.29, 1.82) is 0 Å². The third kappa shape index (κ3) is 2.41. The number of aliphatic carboxylic acids is 1. The van der Waals surface area contributed by atoms with E-state index in [1.807, 2.05) is 0 Å². The summed E-state index contributed by atoms with van der Waals surface area (Å²) in [4.78, 5) is 36.5. The van der Waals surface area contributed by atoms with Crippen LogP contribution in [0.4, 0.5) is 4.39 Å². The van der Waals surface area contributed by atoms with Crippen LogP contribution < -0.4 is 5.56 Å². The van der Waals surface area contributed by atoms with Crippen LogP contribution in [0.1, 0.15) is 28.0 Å². The fourth-order valence-corrected chi connectivity index (χ4v) is 2.38. The number of likely N-dealkylation sites (tertiary alicyclic amines) is 1. The van der Waals surface area contributed by atoms with Gasteiger partial charge in [-0.2, -0.15) is 5.10 Å². The molecule has 0 bridgehead atoms. The lowest BCUT2D eigenvalue weighted by Crippen LogP contribution is -2.41. The highest BCUT2D eigenvalue weighted by Gasteiger charge is 2.47. The molecule has 1 unspecified atom stereocenters. The summed E-state index contributed by atoms with van der Waals surface area (Å²) in [6.07, 6.45) is -0.280. The minimum Gasteiger partial charge on any atom is -0.479 e. The Labute approximate surface area is 120 Å². The Kier molecular flexibility index (Phi) is 3.56. The van der Waals surface area contributed by atoms with Crippen molar-refractivity contribution < 1.29 is 19.1 Å². The average Bonchev–Trinajstić information content (AvgIpc) is 2.81. The number of carboxylic acids is 1. The first-order valence-corrected chi connectivity index (χ1v) is 6.43. The lowest BCUT2D eigenvalue weighted by Gasteiger charge is -2.19. The fraction of sp³-hybridized carbons (Fsp3) is 0.538. The molecule has 114 valence electrons. The Bertz CT molecular complexity index is 685. The first-order valence-electron chi connectivity index (χ1n) is 6.43. The van der Waals surface area contributed by atoms with Gasteiger partial charge in [0.1, 0.15) is 5.56 Å². The van der Waals surface area contributed by atoms with Crippen LogP contribution in [-0.2, 0) is 11.8 Å². The zero-order valence-electron chi connectivity index (χ0n) is 12.0. The molecule has 1 fully saturated rings. The van der Waals surface area contributed by atoms with E-state index < -0.39 is 29.6 Å². The molecule has 0 aliphatic carbocycles. The first-order chi connectivity index (χ1) is 9.67. The summed E-state index contributed by atoms with van der Waals surface area (Å²) < 4.78 is 15.1. The van der Waals surface area contributed by atoms with Crippen molar-refractivity contribution in [3.8, 4) is 0 Å². The quantitative estimate of drug-likeness (QED) is 0.831. The molecule has 0 saturated carbocycles. The van der Waals surface area contributed by atoms with E-state index in [1.165, 1.54) is 7.05 Å². The normalized spacial score (nSPS) is 21.6. The molecular weight excluding hydrogens is 281 g/mol. The van der Waals surface area contributed by atoms with Crippen molar-refractivity contribution in [2.75, 3.05) is 13.1 Å². The molecule has 1 aliphatic rings. The van der Waals surface area contributed by atoms with Crippen molar-refractivity contribution in [1.82, 2.24) is 14.7 Å². The lowest BCUT2D eigenvalue weighted by atomic mass is 10.1. The number of alkyl halides is 1. The Morgan fingerprint density at radius 2 is 2.00 bits per heavy atom. The van der Waals surface area contributed by atoms with Gasteiger partial charge in [0.15, 0.2) is 0 Å². The van der Waals surface area contributed by atoms with Crippen molar-refractivity contribution in [2.45, 2.75) is 25.9 Å².